The molecule has 0 spiro atoms. The van der Waals surface area contributed by atoms with Gasteiger partial charge >= 0.3 is 0 Å². The van der Waals surface area contributed by atoms with E-state index in [4.69, 9.17) is 5.73 Å². The first-order valence-electron chi connectivity index (χ1n) is 1.80. The summed E-state index contributed by atoms with van der Waals surface area (Å²) in [4.78, 5) is 2.63. The fourth-order valence-corrected chi connectivity index (χ4v) is 0.677. The molecule has 38 valence electrons. The summed E-state index contributed by atoms with van der Waals surface area (Å²) in [6.45, 7) is 0. The van der Waals surface area contributed by atoms with Crippen molar-refractivity contribution in [2.45, 2.75) is 0 Å². The summed E-state index contributed by atoms with van der Waals surface area (Å²) in [5.74, 6) is 0.527. The maximum absolute atomic E-state index is 5.22. The monoisotopic (exact) mass is 115 g/mol. The highest BCUT2D eigenvalue weighted by molar-refractivity contribution is 8.00. The summed E-state index contributed by atoms with van der Waals surface area (Å²) < 4.78 is 0. The standard InChI is InChI=1S/C3H5N3S/c4-3-1-2-7-6-5-3/h1-2,6H,(H2,4,5). The van der Waals surface area contributed by atoms with E-state index >= 15 is 0 Å². The Labute approximate surface area is 45.8 Å². The van der Waals surface area contributed by atoms with E-state index in [2.05, 4.69) is 9.93 Å². The molecule has 0 aliphatic carbocycles. The lowest BCUT2D eigenvalue weighted by molar-refractivity contribution is 1.11. The van der Waals surface area contributed by atoms with Crippen molar-refractivity contribution < 1.29 is 0 Å². The zero-order valence-electron chi connectivity index (χ0n) is 3.59. The molecule has 0 saturated heterocycles. The Morgan fingerprint density at radius 1 is 1.86 bits per heavy atom. The molecule has 7 heavy (non-hydrogen) atoms. The van der Waals surface area contributed by atoms with Gasteiger partial charge in [-0.25, -0.2) is 4.83 Å². The van der Waals surface area contributed by atoms with Gasteiger partial charge in [0.2, 0.25) is 0 Å². The largest absolute Gasteiger partial charge is 0.382 e. The van der Waals surface area contributed by atoms with Crippen LogP contribution in [0.15, 0.2) is 16.6 Å². The summed E-state index contributed by atoms with van der Waals surface area (Å²) >= 11 is 1.40. The molecule has 1 aliphatic heterocycles. The van der Waals surface area contributed by atoms with E-state index in [-0.39, 0.29) is 0 Å². The molecule has 1 rings (SSSR count). The lowest BCUT2D eigenvalue weighted by Crippen LogP contribution is -2.13. The van der Waals surface area contributed by atoms with Crippen molar-refractivity contribution in [1.82, 2.24) is 4.83 Å². The molecule has 0 aromatic heterocycles. The van der Waals surface area contributed by atoms with Gasteiger partial charge in [-0.05, 0) is 23.4 Å². The predicted octanol–water partition coefficient (Wildman–Crippen LogP) is 0.0237. The molecule has 0 radical (unpaired) electrons. The quantitative estimate of drug-likeness (QED) is 0.438. The van der Waals surface area contributed by atoms with Crippen molar-refractivity contribution in [2.75, 3.05) is 0 Å². The molecule has 1 aliphatic rings. The Bertz CT molecular complexity index is 117. The lowest BCUT2D eigenvalue weighted by Gasteiger charge is -1.98. The average molecular weight is 115 g/mol. The minimum Gasteiger partial charge on any atom is -0.382 e. The summed E-state index contributed by atoms with van der Waals surface area (Å²) in [7, 11) is 0. The molecule has 0 bridgehead atoms. The van der Waals surface area contributed by atoms with E-state index in [1.165, 1.54) is 11.9 Å². The van der Waals surface area contributed by atoms with Crippen molar-refractivity contribution in [3.05, 3.63) is 11.5 Å². The molecule has 1 heterocycles. The van der Waals surface area contributed by atoms with Crippen LogP contribution < -0.4 is 10.6 Å². The van der Waals surface area contributed by atoms with E-state index in [9.17, 15) is 0 Å². The Morgan fingerprint density at radius 2 is 2.71 bits per heavy atom. The van der Waals surface area contributed by atoms with Gasteiger partial charge in [0, 0.05) is 0 Å². The zero-order valence-corrected chi connectivity index (χ0v) is 4.40. The molecular formula is C3H5N3S. The van der Waals surface area contributed by atoms with Gasteiger partial charge in [0.1, 0.15) is 5.84 Å². The van der Waals surface area contributed by atoms with E-state index in [1.54, 1.807) is 6.08 Å². The summed E-state index contributed by atoms with van der Waals surface area (Å²) in [5, 5.41) is 5.49. The van der Waals surface area contributed by atoms with Crippen molar-refractivity contribution in [3.8, 4) is 0 Å². The molecule has 0 fully saturated rings. The van der Waals surface area contributed by atoms with E-state index in [0.717, 1.165) is 0 Å². The highest BCUT2D eigenvalue weighted by atomic mass is 32.2. The van der Waals surface area contributed by atoms with Gasteiger partial charge in [0.25, 0.3) is 0 Å². The number of hydrogen-bond donors (Lipinski definition) is 2. The third-order valence-electron chi connectivity index (χ3n) is 0.534. The van der Waals surface area contributed by atoms with Gasteiger partial charge in [-0.3, -0.25) is 0 Å². The first-order valence-corrected chi connectivity index (χ1v) is 2.68. The molecule has 3 N–H and O–H groups in total. The number of hydrazone groups is 1. The Morgan fingerprint density at radius 3 is 3.00 bits per heavy atom. The zero-order chi connectivity index (χ0) is 5.11. The predicted molar refractivity (Wildman–Crippen MR) is 31.5 cm³/mol. The maximum atomic E-state index is 5.22. The summed E-state index contributed by atoms with van der Waals surface area (Å²) in [6.07, 6.45) is 1.74. The van der Waals surface area contributed by atoms with Crippen LogP contribution in [0.25, 0.3) is 0 Å². The van der Waals surface area contributed by atoms with Crippen molar-refractivity contribution in [1.29, 1.82) is 0 Å². The third-order valence-corrected chi connectivity index (χ3v) is 1.00. The second kappa shape index (κ2) is 1.88. The minimum absolute atomic E-state index is 0.527. The first kappa shape index (κ1) is 4.52. The Balaban J connectivity index is 2.58. The fourth-order valence-electron chi connectivity index (χ4n) is 0.250. The van der Waals surface area contributed by atoms with E-state index < -0.39 is 0 Å². The number of rotatable bonds is 0. The van der Waals surface area contributed by atoms with E-state index in [1.807, 2.05) is 5.41 Å². The van der Waals surface area contributed by atoms with Gasteiger partial charge in [0.05, 0.1) is 0 Å². The summed E-state index contributed by atoms with van der Waals surface area (Å²) in [5.41, 5.74) is 5.22. The highest BCUT2D eigenvalue weighted by Gasteiger charge is 1.87. The van der Waals surface area contributed by atoms with Gasteiger partial charge in [-0.1, -0.05) is 0 Å². The normalized spacial score (nSPS) is 18.0. The Hall–Kier alpha value is -0.640. The van der Waals surface area contributed by atoms with Crippen LogP contribution in [0, 0.1) is 0 Å². The van der Waals surface area contributed by atoms with Gasteiger partial charge in [-0.2, -0.15) is 5.10 Å². The molecule has 4 heteroatoms. The number of nitrogens with one attached hydrogen (secondary N) is 1. The maximum Gasteiger partial charge on any atom is 0.144 e. The second-order valence-electron chi connectivity index (χ2n) is 1.05. The summed E-state index contributed by atoms with van der Waals surface area (Å²) in [6, 6.07) is 0. The topological polar surface area (TPSA) is 50.4 Å². The Kier molecular flexibility index (Phi) is 1.21. The molecule has 3 nitrogen and oxygen atoms in total. The van der Waals surface area contributed by atoms with Gasteiger partial charge in [-0.15, -0.1) is 0 Å². The third kappa shape index (κ3) is 1.12. The van der Waals surface area contributed by atoms with Gasteiger partial charge in [0.15, 0.2) is 0 Å². The van der Waals surface area contributed by atoms with Crippen LogP contribution >= 0.6 is 11.9 Å². The molecule has 0 amide bonds. The van der Waals surface area contributed by atoms with Crippen LogP contribution in [0.4, 0.5) is 0 Å². The lowest BCUT2D eigenvalue weighted by atomic mass is 10.6. The fraction of sp³-hybridized carbons (Fsp3) is 0. The second-order valence-corrected chi connectivity index (χ2v) is 1.74. The molecule has 0 saturated carbocycles. The van der Waals surface area contributed by atoms with Crippen molar-refractivity contribution in [3.63, 3.8) is 0 Å². The van der Waals surface area contributed by atoms with Crippen LogP contribution in [-0.4, -0.2) is 5.84 Å². The van der Waals surface area contributed by atoms with Gasteiger partial charge < -0.3 is 5.73 Å². The van der Waals surface area contributed by atoms with Crippen LogP contribution in [0.1, 0.15) is 0 Å². The van der Waals surface area contributed by atoms with E-state index in [0.29, 0.717) is 5.84 Å². The molecule has 0 aromatic rings. The van der Waals surface area contributed by atoms with Crippen LogP contribution in [0.2, 0.25) is 0 Å². The average Bonchev–Trinajstić information content (AvgIpc) is 1.69. The van der Waals surface area contributed by atoms with Crippen LogP contribution in [0.5, 0.6) is 0 Å². The number of nitrogens with zero attached hydrogens (tertiary/aromatic N) is 1. The van der Waals surface area contributed by atoms with Crippen LogP contribution in [-0.2, 0) is 0 Å². The minimum atomic E-state index is 0.527. The highest BCUT2D eigenvalue weighted by Crippen LogP contribution is 1.98. The van der Waals surface area contributed by atoms with Crippen molar-refractivity contribution >= 4 is 17.8 Å². The molecule has 0 aromatic carbocycles. The SMILES string of the molecule is NC1=NNSC=C1. The number of amidine groups is 1. The smallest absolute Gasteiger partial charge is 0.144 e. The van der Waals surface area contributed by atoms with Crippen LogP contribution in [0.3, 0.4) is 0 Å². The number of hydrogen-bond acceptors (Lipinski definition) is 4. The first-order chi connectivity index (χ1) is 3.39. The number of nitrogens with two attached hydrogens (primary N) is 1. The molecular weight excluding hydrogens is 110 g/mol. The molecule has 0 atom stereocenters. The van der Waals surface area contributed by atoms with Crippen molar-refractivity contribution in [2.24, 2.45) is 10.8 Å². The molecule has 0 unspecified atom stereocenters.